The van der Waals surface area contributed by atoms with Crippen LogP contribution in [-0.2, 0) is 0 Å². The third kappa shape index (κ3) is 5.15. The molecule has 41 heavy (non-hydrogen) atoms. The molecular formula is C33H39N5O3. The third-order valence-corrected chi connectivity index (χ3v) is 9.40. The lowest BCUT2D eigenvalue weighted by Gasteiger charge is -2.35. The first kappa shape index (κ1) is 26.3. The van der Waals surface area contributed by atoms with Crippen LogP contribution in [0.1, 0.15) is 49.8 Å². The summed E-state index contributed by atoms with van der Waals surface area (Å²) in [5, 5.41) is 14.0. The molecule has 8 nitrogen and oxygen atoms in total. The summed E-state index contributed by atoms with van der Waals surface area (Å²) in [7, 11) is 1.69. The van der Waals surface area contributed by atoms with Gasteiger partial charge in [-0.15, -0.1) is 0 Å². The lowest BCUT2D eigenvalue weighted by molar-refractivity contribution is 0.107. The number of nitrogens with one attached hydrogen (secondary N) is 1. The highest BCUT2D eigenvalue weighted by Gasteiger charge is 2.45. The number of piperazine rings is 1. The predicted octanol–water partition coefficient (Wildman–Crippen LogP) is 4.98. The number of phenols is 1. The highest BCUT2D eigenvalue weighted by atomic mass is 16.5. The summed E-state index contributed by atoms with van der Waals surface area (Å²) >= 11 is 0. The Balaban J connectivity index is 1.26. The molecule has 2 aromatic carbocycles. The molecule has 1 aromatic heterocycles. The number of benzene rings is 2. The third-order valence-electron chi connectivity index (χ3n) is 9.40. The second kappa shape index (κ2) is 11.0. The lowest BCUT2D eigenvalue weighted by atomic mass is 9.95. The minimum atomic E-state index is 0.111. The summed E-state index contributed by atoms with van der Waals surface area (Å²) in [6.45, 7) is 4.69. The average molecular weight is 554 g/mol. The van der Waals surface area contributed by atoms with E-state index in [1.807, 2.05) is 36.4 Å². The SMILES string of the molecule is COc1c(/C=C/c2cc(O)ccc2-c2ccccc2)nc(OCC23CCCN2CCC3)nc1N1CC2CCC(C1)N2. The number of methoxy groups -OCH3 is 1. The Hall–Kier alpha value is -3.62. The van der Waals surface area contributed by atoms with Gasteiger partial charge in [-0.1, -0.05) is 42.5 Å². The van der Waals surface area contributed by atoms with Crippen LogP contribution in [0.5, 0.6) is 17.5 Å². The molecule has 2 N–H and O–H groups in total. The molecule has 2 unspecified atom stereocenters. The monoisotopic (exact) mass is 553 g/mol. The summed E-state index contributed by atoms with van der Waals surface area (Å²) in [5.74, 6) is 1.66. The molecule has 0 saturated carbocycles. The van der Waals surface area contributed by atoms with Crippen molar-refractivity contribution < 1.29 is 14.6 Å². The van der Waals surface area contributed by atoms with Gasteiger partial charge in [0.15, 0.2) is 11.6 Å². The Morgan fingerprint density at radius 3 is 2.49 bits per heavy atom. The van der Waals surface area contributed by atoms with Crippen molar-refractivity contribution in [2.75, 3.05) is 44.8 Å². The van der Waals surface area contributed by atoms with Gasteiger partial charge < -0.3 is 24.8 Å². The fourth-order valence-electron chi connectivity index (χ4n) is 7.39. The van der Waals surface area contributed by atoms with Gasteiger partial charge in [0, 0.05) is 25.2 Å². The van der Waals surface area contributed by atoms with Crippen LogP contribution in [0.4, 0.5) is 5.82 Å². The molecule has 8 heteroatoms. The van der Waals surface area contributed by atoms with Crippen molar-refractivity contribution in [3.63, 3.8) is 0 Å². The highest BCUT2D eigenvalue weighted by Crippen LogP contribution is 2.40. The molecule has 0 radical (unpaired) electrons. The number of hydrogen-bond donors (Lipinski definition) is 2. The summed E-state index contributed by atoms with van der Waals surface area (Å²) in [6, 6.07) is 17.0. The maximum atomic E-state index is 10.3. The fourth-order valence-corrected chi connectivity index (χ4v) is 7.39. The van der Waals surface area contributed by atoms with Crippen molar-refractivity contribution in [3.05, 3.63) is 59.8 Å². The van der Waals surface area contributed by atoms with Crippen LogP contribution < -0.4 is 19.7 Å². The van der Waals surface area contributed by atoms with Crippen molar-refractivity contribution in [1.82, 2.24) is 20.2 Å². The van der Waals surface area contributed by atoms with Crippen LogP contribution in [0.2, 0.25) is 0 Å². The maximum absolute atomic E-state index is 10.3. The number of hydrogen-bond acceptors (Lipinski definition) is 8. The lowest BCUT2D eigenvalue weighted by Crippen LogP contribution is -2.51. The minimum absolute atomic E-state index is 0.111. The quantitative estimate of drug-likeness (QED) is 0.405. The number of aromatic hydroxyl groups is 1. The first-order chi connectivity index (χ1) is 20.1. The van der Waals surface area contributed by atoms with E-state index in [1.54, 1.807) is 19.2 Å². The van der Waals surface area contributed by atoms with E-state index < -0.39 is 0 Å². The second-order valence-electron chi connectivity index (χ2n) is 12.0. The zero-order chi connectivity index (χ0) is 27.8. The summed E-state index contributed by atoms with van der Waals surface area (Å²) in [5.41, 5.74) is 3.80. The van der Waals surface area contributed by atoms with E-state index in [0.29, 0.717) is 36.1 Å². The van der Waals surface area contributed by atoms with E-state index in [4.69, 9.17) is 19.4 Å². The predicted molar refractivity (Wildman–Crippen MR) is 161 cm³/mol. The van der Waals surface area contributed by atoms with Gasteiger partial charge in [-0.25, -0.2) is 0 Å². The highest BCUT2D eigenvalue weighted by molar-refractivity contribution is 5.83. The Bertz CT molecular complexity index is 1410. The molecule has 4 saturated heterocycles. The average Bonchev–Trinajstić information content (AvgIpc) is 3.68. The van der Waals surface area contributed by atoms with Crippen molar-refractivity contribution in [1.29, 1.82) is 0 Å². The molecule has 4 aliphatic heterocycles. The van der Waals surface area contributed by atoms with Gasteiger partial charge in [0.25, 0.3) is 0 Å². The van der Waals surface area contributed by atoms with Crippen molar-refractivity contribution in [3.8, 4) is 28.6 Å². The maximum Gasteiger partial charge on any atom is 0.319 e. The van der Waals surface area contributed by atoms with Gasteiger partial charge in [-0.3, -0.25) is 4.90 Å². The molecule has 4 aliphatic rings. The van der Waals surface area contributed by atoms with E-state index in [9.17, 15) is 5.11 Å². The first-order valence-electron chi connectivity index (χ1n) is 15.0. The van der Waals surface area contributed by atoms with E-state index in [-0.39, 0.29) is 11.3 Å². The van der Waals surface area contributed by atoms with Crippen molar-refractivity contribution in [2.45, 2.75) is 56.1 Å². The summed E-state index contributed by atoms with van der Waals surface area (Å²) < 4.78 is 12.5. The second-order valence-corrected chi connectivity index (χ2v) is 12.0. The number of rotatable bonds is 8. The Morgan fingerprint density at radius 2 is 1.76 bits per heavy atom. The molecule has 5 heterocycles. The topological polar surface area (TPSA) is 83.0 Å². The van der Waals surface area contributed by atoms with Crippen molar-refractivity contribution in [2.24, 2.45) is 0 Å². The smallest absolute Gasteiger partial charge is 0.319 e. The number of ether oxygens (including phenoxy) is 2. The first-order valence-corrected chi connectivity index (χ1v) is 15.0. The molecule has 3 aromatic rings. The number of phenolic OH excluding ortho intramolecular Hbond substituents is 1. The van der Waals surface area contributed by atoms with Crippen LogP contribution in [0.15, 0.2) is 48.5 Å². The van der Waals surface area contributed by atoms with Crippen molar-refractivity contribution >= 4 is 18.0 Å². The van der Waals surface area contributed by atoms with Gasteiger partial charge in [0.1, 0.15) is 18.1 Å². The van der Waals surface area contributed by atoms with Crippen LogP contribution >= 0.6 is 0 Å². The largest absolute Gasteiger partial charge is 0.508 e. The minimum Gasteiger partial charge on any atom is -0.508 e. The zero-order valence-electron chi connectivity index (χ0n) is 23.8. The van der Waals surface area contributed by atoms with Crippen LogP contribution in [-0.4, -0.2) is 77.5 Å². The molecule has 7 rings (SSSR count). The van der Waals surface area contributed by atoms with Gasteiger partial charge in [0.2, 0.25) is 0 Å². The molecule has 0 amide bonds. The molecule has 0 spiro atoms. The zero-order valence-corrected chi connectivity index (χ0v) is 23.8. The van der Waals surface area contributed by atoms with Crippen LogP contribution in [0.25, 0.3) is 23.3 Å². The molecule has 4 fully saturated rings. The molecule has 2 bridgehead atoms. The van der Waals surface area contributed by atoms with E-state index in [1.165, 1.54) is 38.5 Å². The molecule has 0 aliphatic carbocycles. The Labute approximate surface area is 242 Å². The van der Waals surface area contributed by atoms with Crippen LogP contribution in [0.3, 0.4) is 0 Å². The fraction of sp³-hybridized carbons (Fsp3) is 0.455. The van der Waals surface area contributed by atoms with Gasteiger partial charge >= 0.3 is 6.01 Å². The number of nitrogens with zero attached hydrogens (tertiary/aromatic N) is 4. The molecule has 2 atom stereocenters. The number of aromatic nitrogens is 2. The van der Waals surface area contributed by atoms with Gasteiger partial charge in [-0.05, 0) is 86.5 Å². The summed E-state index contributed by atoms with van der Waals surface area (Å²) in [4.78, 5) is 14.8. The van der Waals surface area contributed by atoms with Gasteiger partial charge in [0.05, 0.1) is 12.6 Å². The number of fused-ring (bicyclic) bond motifs is 3. The normalized spacial score (nSPS) is 23.3. The van der Waals surface area contributed by atoms with E-state index in [2.05, 4.69) is 27.2 Å². The Morgan fingerprint density at radius 1 is 1.00 bits per heavy atom. The standard InChI is InChI=1S/C33H39N5O3/c1-40-30-29(14-9-24-19-27(39)12-13-28(24)23-7-3-2-4-8-23)35-32(41-22-33-15-5-17-38(33)18-6-16-33)36-31(30)37-20-25-10-11-26(21-37)34-25/h2-4,7-9,12-14,19,25-26,34,39H,5-6,10-11,15-18,20-22H2,1H3/b14-9+. The molecular weight excluding hydrogens is 514 g/mol. The summed E-state index contributed by atoms with van der Waals surface area (Å²) in [6.07, 6.45) is 11.1. The van der Waals surface area contributed by atoms with Crippen LogP contribution in [0, 0.1) is 0 Å². The van der Waals surface area contributed by atoms with E-state index >= 15 is 0 Å². The van der Waals surface area contributed by atoms with E-state index in [0.717, 1.165) is 48.7 Å². The molecule has 214 valence electrons. The van der Waals surface area contributed by atoms with Gasteiger partial charge in [-0.2, -0.15) is 9.97 Å². The Kier molecular flexibility index (Phi) is 7.04. The number of anilines is 1.